The zero-order chi connectivity index (χ0) is 13.9. The number of rotatable bonds is 2. The molecule has 0 bridgehead atoms. The number of aliphatic hydroxyl groups excluding tert-OH is 1. The zero-order valence-corrected chi connectivity index (χ0v) is 11.2. The average molecular weight is 271 g/mol. The van der Waals surface area contributed by atoms with E-state index in [1.807, 2.05) is 42.5 Å². The molecule has 1 aliphatic heterocycles. The number of carbonyl (C=O) groups is 1. The molecule has 2 aromatic carbocycles. The smallest absolute Gasteiger partial charge is 0.254 e. The van der Waals surface area contributed by atoms with Gasteiger partial charge in [0.05, 0.1) is 19.3 Å². The van der Waals surface area contributed by atoms with Crippen molar-refractivity contribution in [3.05, 3.63) is 48.0 Å². The van der Waals surface area contributed by atoms with Crippen LogP contribution in [0.2, 0.25) is 0 Å². The van der Waals surface area contributed by atoms with Crippen LogP contribution in [0.15, 0.2) is 42.5 Å². The third-order valence-electron chi connectivity index (χ3n) is 3.63. The van der Waals surface area contributed by atoms with Gasteiger partial charge in [0, 0.05) is 18.7 Å². The lowest BCUT2D eigenvalue weighted by atomic mass is 10.1. The summed E-state index contributed by atoms with van der Waals surface area (Å²) in [6.07, 6.45) is -0.270. The van der Waals surface area contributed by atoms with Gasteiger partial charge in [0.15, 0.2) is 0 Å². The largest absolute Gasteiger partial charge is 0.394 e. The summed E-state index contributed by atoms with van der Waals surface area (Å²) in [7, 11) is 0. The first-order valence-corrected chi connectivity index (χ1v) is 6.78. The summed E-state index contributed by atoms with van der Waals surface area (Å²) in [4.78, 5) is 14.2. The van der Waals surface area contributed by atoms with Crippen molar-refractivity contribution in [1.82, 2.24) is 4.90 Å². The van der Waals surface area contributed by atoms with E-state index in [-0.39, 0.29) is 18.6 Å². The van der Waals surface area contributed by atoms with Gasteiger partial charge < -0.3 is 14.7 Å². The minimum atomic E-state index is -0.270. The van der Waals surface area contributed by atoms with Crippen LogP contribution in [-0.2, 0) is 4.74 Å². The fraction of sp³-hybridized carbons (Fsp3) is 0.312. The molecule has 0 saturated carbocycles. The van der Waals surface area contributed by atoms with Gasteiger partial charge in [0.2, 0.25) is 0 Å². The third-order valence-corrected chi connectivity index (χ3v) is 3.63. The van der Waals surface area contributed by atoms with Gasteiger partial charge in [-0.05, 0) is 22.9 Å². The lowest BCUT2D eigenvalue weighted by Crippen LogP contribution is -2.46. The average Bonchev–Trinajstić information content (AvgIpc) is 2.53. The molecular weight excluding hydrogens is 254 g/mol. The van der Waals surface area contributed by atoms with Crippen molar-refractivity contribution in [1.29, 1.82) is 0 Å². The number of hydrogen-bond acceptors (Lipinski definition) is 3. The van der Waals surface area contributed by atoms with E-state index in [1.54, 1.807) is 4.90 Å². The van der Waals surface area contributed by atoms with E-state index >= 15 is 0 Å². The molecule has 4 heteroatoms. The van der Waals surface area contributed by atoms with E-state index in [1.165, 1.54) is 0 Å². The first-order chi connectivity index (χ1) is 9.78. The topological polar surface area (TPSA) is 49.8 Å². The molecule has 20 heavy (non-hydrogen) atoms. The quantitative estimate of drug-likeness (QED) is 0.904. The highest BCUT2D eigenvalue weighted by Gasteiger charge is 2.24. The van der Waals surface area contributed by atoms with Crippen LogP contribution in [0, 0.1) is 0 Å². The Morgan fingerprint density at radius 1 is 1.25 bits per heavy atom. The molecule has 1 saturated heterocycles. The maximum absolute atomic E-state index is 12.5. The van der Waals surface area contributed by atoms with Crippen LogP contribution in [0.3, 0.4) is 0 Å². The van der Waals surface area contributed by atoms with Crippen molar-refractivity contribution < 1.29 is 14.6 Å². The molecule has 2 aromatic rings. The monoisotopic (exact) mass is 271 g/mol. The van der Waals surface area contributed by atoms with E-state index in [2.05, 4.69) is 0 Å². The standard InChI is InChI=1S/C16H17NO3/c18-11-15-10-17(7-8-20-15)16(19)14-6-5-12-3-1-2-4-13(12)9-14/h1-6,9,15,18H,7-8,10-11H2. The van der Waals surface area contributed by atoms with Crippen LogP contribution in [0.4, 0.5) is 0 Å². The minimum absolute atomic E-state index is 0.00231. The second-order valence-corrected chi connectivity index (χ2v) is 4.99. The van der Waals surface area contributed by atoms with E-state index in [0.29, 0.717) is 25.3 Å². The highest BCUT2D eigenvalue weighted by molar-refractivity contribution is 5.98. The van der Waals surface area contributed by atoms with Gasteiger partial charge in [0.25, 0.3) is 5.91 Å². The molecule has 104 valence electrons. The first kappa shape index (κ1) is 13.1. The van der Waals surface area contributed by atoms with Gasteiger partial charge in [0.1, 0.15) is 0 Å². The van der Waals surface area contributed by atoms with Gasteiger partial charge in [-0.25, -0.2) is 0 Å². The molecule has 1 heterocycles. The van der Waals surface area contributed by atoms with Crippen molar-refractivity contribution in [2.24, 2.45) is 0 Å². The molecule has 1 unspecified atom stereocenters. The van der Waals surface area contributed by atoms with E-state index in [0.717, 1.165) is 10.8 Å². The Hall–Kier alpha value is -1.91. The van der Waals surface area contributed by atoms with Gasteiger partial charge >= 0.3 is 0 Å². The predicted octanol–water partition coefficient (Wildman–Crippen LogP) is 1.67. The Balaban J connectivity index is 1.84. The number of carbonyl (C=O) groups excluding carboxylic acids is 1. The number of amides is 1. The number of hydrogen-bond donors (Lipinski definition) is 1. The Morgan fingerprint density at radius 3 is 2.85 bits per heavy atom. The van der Waals surface area contributed by atoms with E-state index in [4.69, 9.17) is 9.84 Å². The molecule has 0 aromatic heterocycles. The van der Waals surface area contributed by atoms with E-state index < -0.39 is 0 Å². The number of fused-ring (bicyclic) bond motifs is 1. The maximum atomic E-state index is 12.5. The van der Waals surface area contributed by atoms with Gasteiger partial charge in [-0.3, -0.25) is 4.79 Å². The molecular formula is C16H17NO3. The molecule has 0 radical (unpaired) electrons. The number of aliphatic hydroxyl groups is 1. The molecule has 3 rings (SSSR count). The summed E-state index contributed by atoms with van der Waals surface area (Å²) in [5.41, 5.74) is 0.683. The lowest BCUT2D eigenvalue weighted by Gasteiger charge is -2.32. The fourth-order valence-corrected chi connectivity index (χ4v) is 2.52. The molecule has 1 atom stereocenters. The number of benzene rings is 2. The van der Waals surface area contributed by atoms with Gasteiger partial charge in [-0.1, -0.05) is 30.3 Å². The highest BCUT2D eigenvalue weighted by atomic mass is 16.5. The molecule has 4 nitrogen and oxygen atoms in total. The van der Waals surface area contributed by atoms with Crippen molar-refractivity contribution in [2.45, 2.75) is 6.10 Å². The Morgan fingerprint density at radius 2 is 2.05 bits per heavy atom. The summed E-state index contributed by atoms with van der Waals surface area (Å²) in [5.74, 6) is -0.00231. The Labute approximate surface area is 117 Å². The minimum Gasteiger partial charge on any atom is -0.394 e. The highest BCUT2D eigenvalue weighted by Crippen LogP contribution is 2.18. The number of nitrogens with zero attached hydrogens (tertiary/aromatic N) is 1. The molecule has 1 N–H and O–H groups in total. The molecule has 1 aliphatic rings. The summed E-state index contributed by atoms with van der Waals surface area (Å²) in [6.45, 7) is 1.44. The second kappa shape index (κ2) is 5.61. The molecule has 1 fully saturated rings. The van der Waals surface area contributed by atoms with Crippen molar-refractivity contribution in [3.63, 3.8) is 0 Å². The van der Waals surface area contributed by atoms with Crippen molar-refractivity contribution in [2.75, 3.05) is 26.3 Å². The normalized spacial score (nSPS) is 19.2. The van der Waals surface area contributed by atoms with Gasteiger partial charge in [-0.2, -0.15) is 0 Å². The maximum Gasteiger partial charge on any atom is 0.254 e. The lowest BCUT2D eigenvalue weighted by molar-refractivity contribution is -0.0447. The van der Waals surface area contributed by atoms with E-state index in [9.17, 15) is 4.79 Å². The van der Waals surface area contributed by atoms with Crippen LogP contribution in [0.1, 0.15) is 10.4 Å². The predicted molar refractivity (Wildman–Crippen MR) is 76.7 cm³/mol. The number of ether oxygens (including phenoxy) is 1. The fourth-order valence-electron chi connectivity index (χ4n) is 2.52. The molecule has 0 aliphatic carbocycles. The third kappa shape index (κ3) is 2.53. The van der Waals surface area contributed by atoms with Crippen LogP contribution >= 0.6 is 0 Å². The van der Waals surface area contributed by atoms with Crippen LogP contribution in [0.5, 0.6) is 0 Å². The van der Waals surface area contributed by atoms with Crippen molar-refractivity contribution in [3.8, 4) is 0 Å². The summed E-state index contributed by atoms with van der Waals surface area (Å²) in [6, 6.07) is 13.7. The number of morpholine rings is 1. The zero-order valence-electron chi connectivity index (χ0n) is 11.2. The molecule has 1 amide bonds. The van der Waals surface area contributed by atoms with Crippen molar-refractivity contribution >= 4 is 16.7 Å². The SMILES string of the molecule is O=C(c1ccc2ccccc2c1)N1CCOC(CO)C1. The summed E-state index contributed by atoms with van der Waals surface area (Å²) >= 11 is 0. The van der Waals surface area contributed by atoms with Crippen LogP contribution in [0.25, 0.3) is 10.8 Å². The summed E-state index contributed by atoms with van der Waals surface area (Å²) in [5, 5.41) is 11.3. The Bertz CT molecular complexity index is 626. The summed E-state index contributed by atoms with van der Waals surface area (Å²) < 4.78 is 5.37. The van der Waals surface area contributed by atoms with Gasteiger partial charge in [-0.15, -0.1) is 0 Å². The molecule has 0 spiro atoms. The Kier molecular flexibility index (Phi) is 3.67. The van der Waals surface area contributed by atoms with Crippen LogP contribution < -0.4 is 0 Å². The van der Waals surface area contributed by atoms with Crippen LogP contribution in [-0.4, -0.2) is 48.3 Å². The first-order valence-electron chi connectivity index (χ1n) is 6.78. The second-order valence-electron chi connectivity index (χ2n) is 4.99.